The summed E-state index contributed by atoms with van der Waals surface area (Å²) in [5.41, 5.74) is -2.75. The predicted molar refractivity (Wildman–Crippen MR) is 216 cm³/mol. The Bertz CT molecular complexity index is 1880. The molecule has 12 atom stereocenters. The van der Waals surface area contributed by atoms with Crippen molar-refractivity contribution >= 4 is 45.5 Å². The second-order valence-corrected chi connectivity index (χ2v) is 19.8. The first-order valence-corrected chi connectivity index (χ1v) is 22.3. The number of ether oxygens (including phenoxy) is 5. The van der Waals surface area contributed by atoms with Crippen molar-refractivity contribution in [2.24, 2.45) is 23.7 Å². The maximum absolute atomic E-state index is 15.5. The molecule has 0 saturated carbocycles. The van der Waals surface area contributed by atoms with Crippen molar-refractivity contribution in [3.8, 4) is 0 Å². The van der Waals surface area contributed by atoms with Gasteiger partial charge in [-0.2, -0.15) is 0 Å². The van der Waals surface area contributed by atoms with Crippen LogP contribution in [-0.4, -0.2) is 157 Å². The molecule has 15 heteroatoms. The number of carbonyl (C=O) groups excluding carboxylic acids is 5. The molecule has 9 rings (SSSR count). The summed E-state index contributed by atoms with van der Waals surface area (Å²) in [6.45, 7) is 0.905. The molecule has 1 unspecified atom stereocenters. The van der Waals surface area contributed by atoms with Crippen LogP contribution in [-0.2, 0) is 42.9 Å². The Morgan fingerprint density at radius 2 is 0.847 bits per heavy atom. The Labute approximate surface area is 355 Å². The summed E-state index contributed by atoms with van der Waals surface area (Å²) in [5.74, 6) is -2.50. The highest BCUT2D eigenvalue weighted by Gasteiger charge is 2.72. The highest BCUT2D eigenvalue weighted by molar-refractivity contribution is 9.10. The zero-order valence-corrected chi connectivity index (χ0v) is 36.6. The fourth-order valence-electron chi connectivity index (χ4n) is 14.6. The number of nitrogens with zero attached hydrogens (tertiary/aromatic N) is 4. The minimum atomic E-state index is -0.871. The van der Waals surface area contributed by atoms with Crippen LogP contribution in [0.5, 0.6) is 0 Å². The minimum absolute atomic E-state index is 0.0233. The number of hydrogen-bond acceptors (Lipinski definition) is 10. The quantitative estimate of drug-likeness (QED) is 0.269. The molecular formula is C44H59BrN4O10. The van der Waals surface area contributed by atoms with Crippen molar-refractivity contribution in [1.29, 1.82) is 0 Å². The summed E-state index contributed by atoms with van der Waals surface area (Å²) in [4.78, 5) is 81.3. The summed E-state index contributed by atoms with van der Waals surface area (Å²) >= 11 is 3.48. The number of esters is 1. The van der Waals surface area contributed by atoms with Gasteiger partial charge in [0.25, 0.3) is 5.91 Å². The Balaban J connectivity index is 1.01. The fraction of sp³-hybridized carbons (Fsp3) is 0.750. The van der Waals surface area contributed by atoms with Crippen molar-refractivity contribution in [3.05, 3.63) is 34.3 Å². The van der Waals surface area contributed by atoms with E-state index in [-0.39, 0.29) is 80.2 Å². The van der Waals surface area contributed by atoms with E-state index in [4.69, 9.17) is 23.7 Å². The molecule has 59 heavy (non-hydrogen) atoms. The molecule has 0 radical (unpaired) electrons. The standard InChI is InChI=1S/C44H59BrN4O10/c1-55-22-41-14-10-28(46(41)36(50)26-6-8-27(45)9-7-26)18-32(41)37(51)47-29-11-15-42(47,23-56-2)33(19-29)38(52)48-30-12-16-43(48,24-57-3)34(20-30)39(53)49-31-13-17-44(49,25-58-4)35(21-31)40(54)59-5/h6-9,28-35H,10-25H2,1-5H3/t28-,29-,30?,31-,32-,33-,34+,35-,41-,42-,43-,44-/m0/s1. The molecule has 0 aromatic heterocycles. The Hall–Kier alpha value is -3.11. The molecule has 8 bridgehead atoms. The monoisotopic (exact) mass is 882 g/mol. The first-order chi connectivity index (χ1) is 28.4. The van der Waals surface area contributed by atoms with Crippen LogP contribution in [0.4, 0.5) is 0 Å². The van der Waals surface area contributed by atoms with Crippen LogP contribution in [0, 0.1) is 23.7 Å². The highest BCUT2D eigenvalue weighted by atomic mass is 79.9. The van der Waals surface area contributed by atoms with Crippen LogP contribution in [0.1, 0.15) is 87.4 Å². The van der Waals surface area contributed by atoms with Gasteiger partial charge in [0.15, 0.2) is 0 Å². The molecule has 0 aliphatic carbocycles. The molecule has 8 saturated heterocycles. The van der Waals surface area contributed by atoms with Crippen LogP contribution in [0.15, 0.2) is 28.7 Å². The zero-order chi connectivity index (χ0) is 41.6. The molecule has 14 nitrogen and oxygen atoms in total. The number of fused-ring (bicyclic) bond motifs is 8. The number of benzene rings is 1. The summed E-state index contributed by atoms with van der Waals surface area (Å²) in [6, 6.07) is 6.86. The molecule has 4 amide bonds. The van der Waals surface area contributed by atoms with Crippen LogP contribution >= 0.6 is 15.9 Å². The average Bonchev–Trinajstić information content (AvgIpc) is 4.12. The number of methoxy groups -OCH3 is 5. The summed E-state index contributed by atoms with van der Waals surface area (Å²) in [7, 11) is 7.90. The van der Waals surface area contributed by atoms with Crippen molar-refractivity contribution in [2.45, 2.75) is 123 Å². The van der Waals surface area contributed by atoms with Gasteiger partial charge in [-0.05, 0) is 101 Å². The Kier molecular flexibility index (Phi) is 10.5. The van der Waals surface area contributed by atoms with Crippen LogP contribution in [0.25, 0.3) is 0 Å². The Morgan fingerprint density at radius 3 is 1.20 bits per heavy atom. The van der Waals surface area contributed by atoms with Gasteiger partial charge in [-0.3, -0.25) is 24.0 Å². The normalized spacial score (nSPS) is 39.9. The van der Waals surface area contributed by atoms with E-state index in [9.17, 15) is 9.59 Å². The lowest BCUT2D eigenvalue weighted by Gasteiger charge is -2.46. The summed E-state index contributed by atoms with van der Waals surface area (Å²) in [5, 5.41) is 0. The largest absolute Gasteiger partial charge is 0.469 e. The van der Waals surface area contributed by atoms with Gasteiger partial charge in [0.1, 0.15) is 0 Å². The van der Waals surface area contributed by atoms with E-state index in [2.05, 4.69) is 15.9 Å². The van der Waals surface area contributed by atoms with Crippen LogP contribution < -0.4 is 0 Å². The second-order valence-electron chi connectivity index (χ2n) is 18.9. The third-order valence-corrected chi connectivity index (χ3v) is 17.2. The fourth-order valence-corrected chi connectivity index (χ4v) is 14.8. The predicted octanol–water partition coefficient (Wildman–Crippen LogP) is 3.82. The average molecular weight is 884 g/mol. The van der Waals surface area contributed by atoms with Gasteiger partial charge in [-0.25, -0.2) is 0 Å². The van der Waals surface area contributed by atoms with Gasteiger partial charge >= 0.3 is 5.97 Å². The number of amides is 4. The molecule has 322 valence electrons. The Morgan fingerprint density at radius 1 is 0.525 bits per heavy atom. The van der Waals surface area contributed by atoms with Crippen LogP contribution in [0.2, 0.25) is 0 Å². The van der Waals surface area contributed by atoms with E-state index < -0.39 is 45.8 Å². The lowest BCUT2D eigenvalue weighted by Crippen LogP contribution is -2.63. The molecule has 8 fully saturated rings. The van der Waals surface area contributed by atoms with Crippen molar-refractivity contribution in [1.82, 2.24) is 19.6 Å². The summed E-state index contributed by atoms with van der Waals surface area (Å²) in [6.07, 6.45) is 7.81. The van der Waals surface area contributed by atoms with Gasteiger partial charge in [0, 0.05) is 62.6 Å². The topological polar surface area (TPSA) is 144 Å². The van der Waals surface area contributed by atoms with E-state index >= 15 is 14.4 Å². The van der Waals surface area contributed by atoms with Gasteiger partial charge in [-0.15, -0.1) is 0 Å². The van der Waals surface area contributed by atoms with Crippen molar-refractivity contribution in [2.75, 3.05) is 62.0 Å². The van der Waals surface area contributed by atoms with Crippen molar-refractivity contribution < 1.29 is 47.7 Å². The third kappa shape index (κ3) is 5.65. The number of halogens is 1. The third-order valence-electron chi connectivity index (χ3n) is 16.6. The maximum atomic E-state index is 15.5. The van der Waals surface area contributed by atoms with Gasteiger partial charge in [0.2, 0.25) is 17.7 Å². The van der Waals surface area contributed by atoms with Crippen molar-refractivity contribution in [3.63, 3.8) is 0 Å². The minimum Gasteiger partial charge on any atom is -0.469 e. The van der Waals surface area contributed by atoms with E-state index in [0.29, 0.717) is 56.9 Å². The first kappa shape index (κ1) is 41.3. The molecule has 8 aliphatic heterocycles. The van der Waals surface area contributed by atoms with Gasteiger partial charge < -0.3 is 43.3 Å². The number of hydrogen-bond donors (Lipinski definition) is 0. The van der Waals surface area contributed by atoms with E-state index in [1.54, 1.807) is 28.4 Å². The van der Waals surface area contributed by atoms with E-state index in [1.807, 2.05) is 43.9 Å². The highest BCUT2D eigenvalue weighted by Crippen LogP contribution is 2.60. The maximum Gasteiger partial charge on any atom is 0.311 e. The first-order valence-electron chi connectivity index (χ1n) is 21.5. The van der Waals surface area contributed by atoms with Gasteiger partial charge in [0.05, 0.1) is 79.4 Å². The molecule has 1 aromatic carbocycles. The van der Waals surface area contributed by atoms with E-state index in [0.717, 1.165) is 30.2 Å². The molecule has 8 aliphatic rings. The molecule has 0 N–H and O–H groups in total. The molecule has 1 aromatic rings. The lowest BCUT2D eigenvalue weighted by atomic mass is 9.74. The van der Waals surface area contributed by atoms with E-state index in [1.165, 1.54) is 7.11 Å². The molecule has 8 heterocycles. The number of carbonyl (C=O) groups is 5. The smallest absolute Gasteiger partial charge is 0.311 e. The SMILES string of the molecule is COC[C@@]12CCC(C[C@@H]1C(=O)N1[C@H]3CC[C@]1(COC)[C@H](C(=O)OC)C3)N2C(=O)[C@@H]1C[C@@H]2CC[C@@]1(COC)N2C(=O)[C@@H]1C[C@@H]2CC[C@@]1(COC)N2C(=O)c1ccc(Br)cc1. The zero-order valence-electron chi connectivity index (χ0n) is 35.0. The second kappa shape index (κ2) is 15.1. The lowest BCUT2D eigenvalue weighted by molar-refractivity contribution is -0.156. The van der Waals surface area contributed by atoms with Gasteiger partial charge in [-0.1, -0.05) is 15.9 Å². The summed E-state index contributed by atoms with van der Waals surface area (Å²) < 4.78 is 29.6. The van der Waals surface area contributed by atoms with Crippen LogP contribution in [0.3, 0.4) is 0 Å². The molecular weight excluding hydrogens is 824 g/mol. The number of rotatable bonds is 13. The molecule has 0 spiro atoms.